The van der Waals surface area contributed by atoms with Gasteiger partial charge in [-0.25, -0.2) is 0 Å². The average Bonchev–Trinajstić information content (AvgIpc) is 3.06. The summed E-state index contributed by atoms with van der Waals surface area (Å²) in [6.07, 6.45) is 0. The molecule has 0 aliphatic carbocycles. The van der Waals surface area contributed by atoms with Crippen LogP contribution in [0.25, 0.3) is 11.3 Å². The first-order valence-electron chi connectivity index (χ1n) is 8.19. The number of ether oxygens (including phenoxy) is 1. The standard InChI is InChI=1S/C17H21ClN4O3.ClH/c1-24-11-8-20-16-14(17(23)22-9-6-19-7-10-22)15(25-21-16)12-2-4-13(18)5-3-12;/h2-5,19H,6-11H2,1H3,(H,20,21);1H. The lowest BCUT2D eigenvalue weighted by molar-refractivity contribution is 0.0737. The zero-order valence-corrected chi connectivity index (χ0v) is 16.0. The first-order chi connectivity index (χ1) is 12.2. The third-order valence-electron chi connectivity index (χ3n) is 4.02. The number of carbonyl (C=O) groups excluding carboxylic acids is 1. The van der Waals surface area contributed by atoms with Crippen LogP contribution < -0.4 is 10.6 Å². The number of piperazine rings is 1. The average molecular weight is 401 g/mol. The molecule has 1 fully saturated rings. The lowest BCUT2D eigenvalue weighted by atomic mass is 10.1. The molecule has 1 aliphatic rings. The number of benzene rings is 1. The molecule has 0 saturated carbocycles. The number of nitrogens with zero attached hydrogens (tertiary/aromatic N) is 2. The molecule has 2 aromatic rings. The van der Waals surface area contributed by atoms with Crippen molar-refractivity contribution >= 4 is 35.7 Å². The van der Waals surface area contributed by atoms with E-state index in [2.05, 4.69) is 15.8 Å². The number of hydrogen-bond acceptors (Lipinski definition) is 6. The highest BCUT2D eigenvalue weighted by Gasteiger charge is 2.28. The predicted molar refractivity (Wildman–Crippen MR) is 103 cm³/mol. The zero-order valence-electron chi connectivity index (χ0n) is 14.5. The van der Waals surface area contributed by atoms with Crippen molar-refractivity contribution in [1.29, 1.82) is 0 Å². The van der Waals surface area contributed by atoms with Gasteiger partial charge < -0.3 is 24.8 Å². The molecular weight excluding hydrogens is 379 g/mol. The van der Waals surface area contributed by atoms with E-state index in [1.54, 1.807) is 19.2 Å². The lowest BCUT2D eigenvalue weighted by Gasteiger charge is -2.27. The zero-order chi connectivity index (χ0) is 17.6. The molecule has 1 aromatic carbocycles. The molecule has 0 atom stereocenters. The molecule has 1 amide bonds. The fourth-order valence-electron chi connectivity index (χ4n) is 2.71. The smallest absolute Gasteiger partial charge is 0.261 e. The first kappa shape index (κ1) is 20.5. The van der Waals surface area contributed by atoms with Crippen LogP contribution in [0.1, 0.15) is 10.4 Å². The Balaban J connectivity index is 0.00000243. The van der Waals surface area contributed by atoms with Gasteiger partial charge in [0, 0.05) is 50.4 Å². The molecule has 0 unspecified atom stereocenters. The van der Waals surface area contributed by atoms with Gasteiger partial charge in [0.05, 0.1) is 6.61 Å². The molecule has 0 bridgehead atoms. The van der Waals surface area contributed by atoms with E-state index < -0.39 is 0 Å². The van der Waals surface area contributed by atoms with E-state index >= 15 is 0 Å². The van der Waals surface area contributed by atoms with Crippen LogP contribution >= 0.6 is 24.0 Å². The molecule has 26 heavy (non-hydrogen) atoms. The van der Waals surface area contributed by atoms with Crippen LogP contribution in [-0.4, -0.2) is 62.4 Å². The Kier molecular flexibility index (Phi) is 7.71. The summed E-state index contributed by atoms with van der Waals surface area (Å²) in [6.45, 7) is 3.90. The summed E-state index contributed by atoms with van der Waals surface area (Å²) in [5.74, 6) is 0.790. The number of hydrogen-bond donors (Lipinski definition) is 2. The van der Waals surface area contributed by atoms with E-state index in [1.165, 1.54) is 0 Å². The van der Waals surface area contributed by atoms with E-state index in [0.29, 0.717) is 48.4 Å². The third-order valence-corrected chi connectivity index (χ3v) is 4.27. The van der Waals surface area contributed by atoms with Crippen molar-refractivity contribution in [3.63, 3.8) is 0 Å². The van der Waals surface area contributed by atoms with Gasteiger partial charge in [-0.2, -0.15) is 0 Å². The summed E-state index contributed by atoms with van der Waals surface area (Å²) in [6, 6.07) is 7.15. The van der Waals surface area contributed by atoms with Gasteiger partial charge in [0.2, 0.25) is 0 Å². The highest BCUT2D eigenvalue weighted by Crippen LogP contribution is 2.31. The molecule has 0 spiro atoms. The molecule has 3 rings (SSSR count). The Bertz CT molecular complexity index is 715. The van der Waals surface area contributed by atoms with Crippen LogP contribution in [-0.2, 0) is 4.74 Å². The van der Waals surface area contributed by atoms with Crippen LogP contribution in [0.2, 0.25) is 5.02 Å². The van der Waals surface area contributed by atoms with Crippen molar-refractivity contribution in [3.05, 3.63) is 34.9 Å². The molecule has 142 valence electrons. The lowest BCUT2D eigenvalue weighted by Crippen LogP contribution is -2.46. The van der Waals surface area contributed by atoms with E-state index in [1.807, 2.05) is 17.0 Å². The maximum Gasteiger partial charge on any atom is 0.261 e. The Morgan fingerprint density at radius 3 is 2.69 bits per heavy atom. The Hall–Kier alpha value is -1.80. The topological polar surface area (TPSA) is 79.6 Å². The number of anilines is 1. The normalized spacial score (nSPS) is 14.0. The van der Waals surface area contributed by atoms with Crippen LogP contribution in [0, 0.1) is 0 Å². The number of nitrogens with one attached hydrogen (secondary N) is 2. The predicted octanol–water partition coefficient (Wildman–Crippen LogP) is 2.52. The van der Waals surface area contributed by atoms with E-state index in [9.17, 15) is 4.79 Å². The minimum atomic E-state index is -0.0902. The largest absolute Gasteiger partial charge is 0.383 e. The van der Waals surface area contributed by atoms with E-state index in [0.717, 1.165) is 18.7 Å². The molecule has 7 nitrogen and oxygen atoms in total. The first-order valence-corrected chi connectivity index (χ1v) is 8.57. The van der Waals surface area contributed by atoms with Gasteiger partial charge in [-0.15, -0.1) is 12.4 Å². The third kappa shape index (κ3) is 4.67. The van der Waals surface area contributed by atoms with Crippen LogP contribution in [0.15, 0.2) is 28.8 Å². The SMILES string of the molecule is COCCNc1noc(-c2ccc(Cl)cc2)c1C(=O)N1CCNCC1.Cl. The second kappa shape index (κ2) is 9.78. The maximum atomic E-state index is 13.1. The fraction of sp³-hybridized carbons (Fsp3) is 0.412. The number of methoxy groups -OCH3 is 1. The Morgan fingerprint density at radius 2 is 2.04 bits per heavy atom. The van der Waals surface area contributed by atoms with E-state index in [4.69, 9.17) is 20.9 Å². The number of aromatic nitrogens is 1. The van der Waals surface area contributed by atoms with Crippen molar-refractivity contribution in [2.75, 3.05) is 51.8 Å². The highest BCUT2D eigenvalue weighted by atomic mass is 35.5. The molecule has 2 heterocycles. The van der Waals surface area contributed by atoms with Gasteiger partial charge in [0.15, 0.2) is 11.6 Å². The number of carbonyl (C=O) groups is 1. The van der Waals surface area contributed by atoms with Crippen LogP contribution in [0.4, 0.5) is 5.82 Å². The van der Waals surface area contributed by atoms with Crippen molar-refractivity contribution in [2.45, 2.75) is 0 Å². The molecule has 2 N–H and O–H groups in total. The Morgan fingerprint density at radius 1 is 1.35 bits per heavy atom. The summed E-state index contributed by atoms with van der Waals surface area (Å²) in [5, 5.41) is 11.0. The van der Waals surface area contributed by atoms with Gasteiger partial charge in [0.1, 0.15) is 5.56 Å². The van der Waals surface area contributed by atoms with Crippen LogP contribution in [0.5, 0.6) is 0 Å². The quantitative estimate of drug-likeness (QED) is 0.725. The van der Waals surface area contributed by atoms with Crippen molar-refractivity contribution < 1.29 is 14.1 Å². The van der Waals surface area contributed by atoms with Gasteiger partial charge in [-0.1, -0.05) is 16.8 Å². The minimum Gasteiger partial charge on any atom is -0.383 e. The summed E-state index contributed by atoms with van der Waals surface area (Å²) < 4.78 is 10.6. The van der Waals surface area contributed by atoms with Crippen LogP contribution in [0.3, 0.4) is 0 Å². The molecule has 1 aliphatic heterocycles. The number of rotatable bonds is 6. The minimum absolute atomic E-state index is 0. The maximum absolute atomic E-state index is 13.1. The van der Waals surface area contributed by atoms with Gasteiger partial charge >= 0.3 is 0 Å². The molecule has 1 saturated heterocycles. The fourth-order valence-corrected chi connectivity index (χ4v) is 2.83. The van der Waals surface area contributed by atoms with Crippen molar-refractivity contribution in [1.82, 2.24) is 15.4 Å². The Labute approximate surface area is 163 Å². The second-order valence-electron chi connectivity index (χ2n) is 5.70. The summed E-state index contributed by atoms with van der Waals surface area (Å²) in [5.41, 5.74) is 1.20. The summed E-state index contributed by atoms with van der Waals surface area (Å²) >= 11 is 5.96. The molecular formula is C17H22Cl2N4O3. The highest BCUT2D eigenvalue weighted by molar-refractivity contribution is 6.30. The number of halogens is 2. The number of amides is 1. The second-order valence-corrected chi connectivity index (χ2v) is 6.14. The van der Waals surface area contributed by atoms with E-state index in [-0.39, 0.29) is 18.3 Å². The van der Waals surface area contributed by atoms with Crippen molar-refractivity contribution in [3.8, 4) is 11.3 Å². The summed E-state index contributed by atoms with van der Waals surface area (Å²) in [4.78, 5) is 14.9. The van der Waals surface area contributed by atoms with Gasteiger partial charge in [-0.05, 0) is 24.3 Å². The molecule has 9 heteroatoms. The summed E-state index contributed by atoms with van der Waals surface area (Å²) in [7, 11) is 1.62. The van der Waals surface area contributed by atoms with Gasteiger partial charge in [-0.3, -0.25) is 4.79 Å². The van der Waals surface area contributed by atoms with Gasteiger partial charge in [0.25, 0.3) is 5.91 Å². The molecule has 0 radical (unpaired) electrons. The van der Waals surface area contributed by atoms with Crippen molar-refractivity contribution in [2.24, 2.45) is 0 Å². The molecule has 1 aromatic heterocycles. The monoisotopic (exact) mass is 400 g/mol.